The highest BCUT2D eigenvalue weighted by atomic mass is 35.5. The van der Waals surface area contributed by atoms with Gasteiger partial charge in [-0.2, -0.15) is 10.5 Å². The number of nitriles is 2. The van der Waals surface area contributed by atoms with Crippen molar-refractivity contribution in [2.75, 3.05) is 10.6 Å². The second-order valence-corrected chi connectivity index (χ2v) is 4.91. The van der Waals surface area contributed by atoms with Crippen molar-refractivity contribution < 1.29 is 4.79 Å². The Morgan fingerprint density at radius 2 is 1.74 bits per heavy atom. The van der Waals surface area contributed by atoms with Crippen molar-refractivity contribution >= 4 is 28.9 Å². The lowest BCUT2D eigenvalue weighted by Crippen LogP contribution is -2.11. The molecule has 2 aromatic carbocycles. The number of halogens is 1. The number of anilines is 2. The fourth-order valence-corrected chi connectivity index (χ4v) is 1.96. The number of allylic oxidation sites excluding steroid dienone is 1. The average molecular weight is 323 g/mol. The number of nitrogens with one attached hydrogen (secondary N) is 2. The summed E-state index contributed by atoms with van der Waals surface area (Å²) in [6.45, 7) is 0. The van der Waals surface area contributed by atoms with Crippen molar-refractivity contribution in [3.8, 4) is 12.1 Å². The van der Waals surface area contributed by atoms with Crippen LogP contribution < -0.4 is 10.6 Å². The molecule has 0 aliphatic heterocycles. The van der Waals surface area contributed by atoms with E-state index in [1.54, 1.807) is 60.7 Å². The van der Waals surface area contributed by atoms with Crippen molar-refractivity contribution in [2.24, 2.45) is 0 Å². The lowest BCUT2D eigenvalue weighted by molar-refractivity contribution is 0.102. The highest BCUT2D eigenvalue weighted by Crippen LogP contribution is 2.17. The standard InChI is InChI=1S/C17H11ClN4O/c18-14-4-2-6-16(8-14)22-17(23)13-3-1-5-15(7-13)21-11-12(9-19)10-20/h1-8,11,21H,(H,22,23). The fourth-order valence-electron chi connectivity index (χ4n) is 1.76. The van der Waals surface area contributed by atoms with E-state index >= 15 is 0 Å². The molecule has 0 aliphatic carbocycles. The van der Waals surface area contributed by atoms with Gasteiger partial charge < -0.3 is 10.6 Å². The molecule has 1 amide bonds. The predicted octanol–water partition coefficient (Wildman–Crippen LogP) is 3.94. The second kappa shape index (κ2) is 7.65. The van der Waals surface area contributed by atoms with Crippen LogP contribution in [0.4, 0.5) is 11.4 Å². The summed E-state index contributed by atoms with van der Waals surface area (Å²) in [6, 6.07) is 17.0. The number of hydrogen-bond donors (Lipinski definition) is 2. The van der Waals surface area contributed by atoms with Gasteiger partial charge in [-0.25, -0.2) is 0 Å². The zero-order valence-corrected chi connectivity index (χ0v) is 12.6. The number of carbonyl (C=O) groups is 1. The summed E-state index contributed by atoms with van der Waals surface area (Å²) in [5.41, 5.74) is 1.56. The minimum atomic E-state index is -0.291. The van der Waals surface area contributed by atoms with Crippen LogP contribution in [0.25, 0.3) is 0 Å². The molecule has 0 aliphatic rings. The molecular weight excluding hydrogens is 312 g/mol. The summed E-state index contributed by atoms with van der Waals surface area (Å²) in [6.07, 6.45) is 1.29. The Hall–Kier alpha value is -3.28. The van der Waals surface area contributed by atoms with Crippen LogP contribution in [0.1, 0.15) is 10.4 Å². The molecule has 0 atom stereocenters. The summed E-state index contributed by atoms with van der Waals surface area (Å²) in [4.78, 5) is 12.2. The maximum atomic E-state index is 12.2. The normalized spacial score (nSPS) is 9.17. The third kappa shape index (κ3) is 4.60. The molecule has 0 radical (unpaired) electrons. The van der Waals surface area contributed by atoms with Crippen molar-refractivity contribution in [3.05, 3.63) is 70.9 Å². The van der Waals surface area contributed by atoms with E-state index < -0.39 is 0 Å². The fraction of sp³-hybridized carbons (Fsp3) is 0. The molecule has 2 aromatic rings. The Morgan fingerprint density at radius 1 is 1.04 bits per heavy atom. The average Bonchev–Trinajstić information content (AvgIpc) is 2.56. The van der Waals surface area contributed by atoms with Gasteiger partial charge in [-0.1, -0.05) is 23.7 Å². The number of benzene rings is 2. The van der Waals surface area contributed by atoms with Gasteiger partial charge in [-0.15, -0.1) is 0 Å². The topological polar surface area (TPSA) is 88.7 Å². The summed E-state index contributed by atoms with van der Waals surface area (Å²) in [5, 5.41) is 23.4. The van der Waals surface area contributed by atoms with E-state index in [0.29, 0.717) is 22.0 Å². The monoisotopic (exact) mass is 322 g/mol. The van der Waals surface area contributed by atoms with E-state index in [-0.39, 0.29) is 11.5 Å². The van der Waals surface area contributed by atoms with Gasteiger partial charge in [-0.3, -0.25) is 4.79 Å². The quantitative estimate of drug-likeness (QED) is 0.834. The molecule has 0 spiro atoms. The van der Waals surface area contributed by atoms with E-state index in [9.17, 15) is 4.79 Å². The Bertz CT molecular complexity index is 830. The highest BCUT2D eigenvalue weighted by molar-refractivity contribution is 6.30. The minimum absolute atomic E-state index is 0.0567. The molecule has 0 bridgehead atoms. The van der Waals surface area contributed by atoms with Gasteiger partial charge in [0, 0.05) is 28.2 Å². The smallest absolute Gasteiger partial charge is 0.255 e. The summed E-state index contributed by atoms with van der Waals surface area (Å²) in [7, 11) is 0. The zero-order valence-electron chi connectivity index (χ0n) is 11.9. The third-order valence-electron chi connectivity index (χ3n) is 2.83. The first-order chi connectivity index (χ1) is 11.1. The van der Waals surface area contributed by atoms with E-state index in [1.807, 2.05) is 0 Å². The largest absolute Gasteiger partial charge is 0.360 e. The van der Waals surface area contributed by atoms with Gasteiger partial charge >= 0.3 is 0 Å². The summed E-state index contributed by atoms with van der Waals surface area (Å²) < 4.78 is 0. The molecule has 6 heteroatoms. The third-order valence-corrected chi connectivity index (χ3v) is 3.07. The van der Waals surface area contributed by atoms with Crippen LogP contribution in [0.15, 0.2) is 60.3 Å². The first-order valence-corrected chi connectivity index (χ1v) is 6.94. The number of carbonyl (C=O) groups excluding carboxylic acids is 1. The Morgan fingerprint density at radius 3 is 2.43 bits per heavy atom. The first kappa shape index (κ1) is 16.1. The lowest BCUT2D eigenvalue weighted by Gasteiger charge is -2.07. The van der Waals surface area contributed by atoms with Gasteiger partial charge in [0.15, 0.2) is 0 Å². The van der Waals surface area contributed by atoms with Crippen molar-refractivity contribution in [1.29, 1.82) is 10.5 Å². The van der Waals surface area contributed by atoms with Gasteiger partial charge in [-0.05, 0) is 36.4 Å². The summed E-state index contributed by atoms with van der Waals surface area (Å²) in [5.74, 6) is -0.291. The molecule has 112 valence electrons. The Balaban J connectivity index is 2.13. The molecule has 0 unspecified atom stereocenters. The molecule has 0 saturated carbocycles. The molecule has 0 fully saturated rings. The van der Waals surface area contributed by atoms with Crippen LogP contribution >= 0.6 is 11.6 Å². The molecule has 2 rings (SSSR count). The number of amides is 1. The Labute approximate surface area is 138 Å². The maximum Gasteiger partial charge on any atom is 0.255 e. The number of hydrogen-bond acceptors (Lipinski definition) is 4. The van der Waals surface area contributed by atoms with Crippen LogP contribution in [0.5, 0.6) is 0 Å². The van der Waals surface area contributed by atoms with Gasteiger partial charge in [0.25, 0.3) is 5.91 Å². The van der Waals surface area contributed by atoms with E-state index in [1.165, 1.54) is 6.20 Å². The SMILES string of the molecule is N#CC(C#N)=CNc1cccc(C(=O)Nc2cccc(Cl)c2)c1. The maximum absolute atomic E-state index is 12.2. The molecule has 5 nitrogen and oxygen atoms in total. The van der Waals surface area contributed by atoms with Crippen LogP contribution in [0, 0.1) is 22.7 Å². The molecule has 0 heterocycles. The highest BCUT2D eigenvalue weighted by Gasteiger charge is 2.07. The minimum Gasteiger partial charge on any atom is -0.360 e. The first-order valence-electron chi connectivity index (χ1n) is 6.56. The van der Waals surface area contributed by atoms with Crippen molar-refractivity contribution in [3.63, 3.8) is 0 Å². The van der Waals surface area contributed by atoms with Gasteiger partial charge in [0.05, 0.1) is 0 Å². The van der Waals surface area contributed by atoms with Gasteiger partial charge in [0.1, 0.15) is 17.7 Å². The second-order valence-electron chi connectivity index (χ2n) is 4.47. The molecule has 2 N–H and O–H groups in total. The number of rotatable bonds is 4. The number of nitrogens with zero attached hydrogens (tertiary/aromatic N) is 2. The van der Waals surface area contributed by atoms with Crippen LogP contribution in [0.2, 0.25) is 5.02 Å². The molecular formula is C17H11ClN4O. The van der Waals surface area contributed by atoms with Crippen LogP contribution in [0.3, 0.4) is 0 Å². The van der Waals surface area contributed by atoms with Crippen LogP contribution in [-0.2, 0) is 0 Å². The predicted molar refractivity (Wildman–Crippen MR) is 88.8 cm³/mol. The molecule has 0 aromatic heterocycles. The van der Waals surface area contributed by atoms with E-state index in [4.69, 9.17) is 22.1 Å². The zero-order chi connectivity index (χ0) is 16.7. The van der Waals surface area contributed by atoms with Crippen molar-refractivity contribution in [1.82, 2.24) is 0 Å². The van der Waals surface area contributed by atoms with E-state index in [0.717, 1.165) is 0 Å². The lowest BCUT2D eigenvalue weighted by atomic mass is 10.2. The summed E-state index contributed by atoms with van der Waals surface area (Å²) >= 11 is 5.88. The van der Waals surface area contributed by atoms with Gasteiger partial charge in [0.2, 0.25) is 0 Å². The van der Waals surface area contributed by atoms with E-state index in [2.05, 4.69) is 10.6 Å². The van der Waals surface area contributed by atoms with Crippen molar-refractivity contribution in [2.45, 2.75) is 0 Å². The van der Waals surface area contributed by atoms with Crippen LogP contribution in [-0.4, -0.2) is 5.91 Å². The molecule has 0 saturated heterocycles. The molecule has 23 heavy (non-hydrogen) atoms. The Kier molecular flexibility index (Phi) is 5.35.